The quantitative estimate of drug-likeness (QED) is 0.275. The second-order valence-electron chi connectivity index (χ2n) is 4.83. The van der Waals surface area contributed by atoms with Crippen LogP contribution >= 0.6 is 0 Å². The first-order chi connectivity index (χ1) is 12.1. The fourth-order valence-electron chi connectivity index (χ4n) is 1.54. The summed E-state index contributed by atoms with van der Waals surface area (Å²) < 4.78 is 54.9. The molecule has 0 saturated carbocycles. The largest absolute Gasteiger partial charge is 0.367 e. The van der Waals surface area contributed by atoms with E-state index in [1.54, 1.807) is 12.1 Å². The van der Waals surface area contributed by atoms with Gasteiger partial charge in [0.15, 0.2) is 0 Å². The lowest BCUT2D eigenvalue weighted by Gasteiger charge is -1.95. The normalized spacial score (nSPS) is 11.8. The van der Waals surface area contributed by atoms with Gasteiger partial charge in [-0.15, -0.1) is 5.10 Å². The number of aryl methyl sites for hydroxylation is 1. The van der Waals surface area contributed by atoms with Gasteiger partial charge in [0, 0.05) is 11.6 Å². The lowest BCUT2D eigenvalue weighted by atomic mass is 10.2. The van der Waals surface area contributed by atoms with Crippen LogP contribution < -0.4 is 11.2 Å². The van der Waals surface area contributed by atoms with Crippen LogP contribution in [0.25, 0.3) is 0 Å². The van der Waals surface area contributed by atoms with Crippen molar-refractivity contribution in [1.82, 2.24) is 5.48 Å². The highest BCUT2D eigenvalue weighted by atomic mass is 32.2. The van der Waals surface area contributed by atoms with E-state index in [0.717, 1.165) is 30.0 Å². The summed E-state index contributed by atoms with van der Waals surface area (Å²) in [7, 11) is -4.02. The zero-order valence-corrected chi connectivity index (χ0v) is 14.3. The second-order valence-corrected chi connectivity index (χ2v) is 6.25. The number of rotatable bonds is 3. The van der Waals surface area contributed by atoms with E-state index in [4.69, 9.17) is 15.5 Å². The van der Waals surface area contributed by atoms with Crippen molar-refractivity contribution in [3.8, 4) is 0 Å². The summed E-state index contributed by atoms with van der Waals surface area (Å²) in [4.78, 5) is -0.0666. The van der Waals surface area contributed by atoms with Crippen LogP contribution in [0, 0.1) is 18.6 Å². The summed E-state index contributed by atoms with van der Waals surface area (Å²) in [5, 5.41) is 14.9. The molecule has 2 aromatic carbocycles. The first-order valence-electron chi connectivity index (χ1n) is 6.88. The van der Waals surface area contributed by atoms with E-state index in [1.165, 1.54) is 17.6 Å². The molecule has 0 bridgehead atoms. The Hall–Kier alpha value is -2.89. The van der Waals surface area contributed by atoms with Crippen LogP contribution in [0.4, 0.5) is 8.78 Å². The van der Waals surface area contributed by atoms with Crippen molar-refractivity contribution >= 4 is 22.3 Å². The predicted molar refractivity (Wildman–Crippen MR) is 91.5 cm³/mol. The summed E-state index contributed by atoms with van der Waals surface area (Å²) in [6, 6.07) is 8.88. The number of hydrogen-bond donors (Lipinski definition) is 4. The summed E-state index contributed by atoms with van der Waals surface area (Å²) in [6.07, 6.45) is 1.09. The zero-order chi connectivity index (χ0) is 19.7. The SMILES string of the molecule is Cc1ccc(S(=O)(=O)O)cc1.N/C(=N\N=C\c1cc(F)cc(F)c1)NO. The molecule has 0 radical (unpaired) electrons. The number of guanidine groups is 1. The topological polar surface area (TPSA) is 137 Å². The van der Waals surface area contributed by atoms with Gasteiger partial charge in [-0.3, -0.25) is 9.76 Å². The van der Waals surface area contributed by atoms with Gasteiger partial charge < -0.3 is 5.73 Å². The highest BCUT2D eigenvalue weighted by Crippen LogP contribution is 2.08. The number of halogens is 2. The van der Waals surface area contributed by atoms with E-state index < -0.39 is 21.8 Å². The van der Waals surface area contributed by atoms with Crippen LogP contribution in [0.5, 0.6) is 0 Å². The molecular weight excluding hydrogens is 370 g/mol. The molecule has 0 atom stereocenters. The van der Waals surface area contributed by atoms with Crippen molar-refractivity contribution in [2.75, 3.05) is 0 Å². The number of nitrogens with zero attached hydrogens (tertiary/aromatic N) is 2. The van der Waals surface area contributed by atoms with Gasteiger partial charge in [0.1, 0.15) is 11.6 Å². The lowest BCUT2D eigenvalue weighted by Crippen LogP contribution is -2.27. The van der Waals surface area contributed by atoms with Crippen LogP contribution in [0.2, 0.25) is 0 Å². The first kappa shape index (κ1) is 21.2. The maximum Gasteiger partial charge on any atom is 0.294 e. The maximum absolute atomic E-state index is 12.7. The van der Waals surface area contributed by atoms with Gasteiger partial charge in [-0.2, -0.15) is 13.5 Å². The Morgan fingerprint density at radius 2 is 1.69 bits per heavy atom. The minimum atomic E-state index is -4.02. The van der Waals surface area contributed by atoms with Crippen LogP contribution in [-0.4, -0.2) is 30.4 Å². The summed E-state index contributed by atoms with van der Waals surface area (Å²) in [6.45, 7) is 1.84. The van der Waals surface area contributed by atoms with E-state index in [0.29, 0.717) is 0 Å². The molecule has 0 aliphatic heterocycles. The molecule has 0 aliphatic rings. The average Bonchev–Trinajstić information content (AvgIpc) is 2.54. The van der Waals surface area contributed by atoms with Crippen molar-refractivity contribution in [2.24, 2.45) is 15.9 Å². The fraction of sp³-hybridized carbons (Fsp3) is 0.0667. The van der Waals surface area contributed by atoms with Crippen LogP contribution in [0.1, 0.15) is 11.1 Å². The van der Waals surface area contributed by atoms with Gasteiger partial charge in [-0.05, 0) is 31.2 Å². The molecule has 0 fully saturated rings. The molecular formula is C15H16F2N4O4S. The first-order valence-corrected chi connectivity index (χ1v) is 8.32. The molecule has 140 valence electrons. The van der Waals surface area contributed by atoms with Gasteiger partial charge in [-0.1, -0.05) is 17.7 Å². The second kappa shape index (κ2) is 9.56. The molecule has 26 heavy (non-hydrogen) atoms. The predicted octanol–water partition coefficient (Wildman–Crippen LogP) is 1.83. The zero-order valence-electron chi connectivity index (χ0n) is 13.5. The Kier molecular flexibility index (Phi) is 7.77. The molecule has 5 N–H and O–H groups in total. The number of nitrogens with two attached hydrogens (primary N) is 1. The summed E-state index contributed by atoms with van der Waals surface area (Å²) in [5.74, 6) is -1.76. The Morgan fingerprint density at radius 3 is 2.15 bits per heavy atom. The summed E-state index contributed by atoms with van der Waals surface area (Å²) >= 11 is 0. The van der Waals surface area contributed by atoms with Crippen molar-refractivity contribution in [1.29, 1.82) is 0 Å². The maximum atomic E-state index is 12.7. The smallest absolute Gasteiger partial charge is 0.294 e. The van der Waals surface area contributed by atoms with Gasteiger partial charge in [0.05, 0.1) is 11.1 Å². The molecule has 2 aromatic rings. The molecule has 0 spiro atoms. The van der Waals surface area contributed by atoms with Crippen molar-refractivity contribution < 1.29 is 27.0 Å². The van der Waals surface area contributed by atoms with Crippen LogP contribution in [0.15, 0.2) is 57.6 Å². The Morgan fingerprint density at radius 1 is 1.15 bits per heavy atom. The third-order valence-electron chi connectivity index (χ3n) is 2.69. The van der Waals surface area contributed by atoms with Crippen molar-refractivity contribution in [3.63, 3.8) is 0 Å². The number of hydroxylamine groups is 1. The fourth-order valence-corrected chi connectivity index (χ4v) is 2.02. The van der Waals surface area contributed by atoms with Gasteiger partial charge in [-0.25, -0.2) is 14.3 Å². The number of nitrogens with one attached hydrogen (secondary N) is 1. The van der Waals surface area contributed by atoms with Gasteiger partial charge in [0.2, 0.25) is 5.96 Å². The molecule has 0 aliphatic carbocycles. The third kappa shape index (κ3) is 7.79. The van der Waals surface area contributed by atoms with E-state index in [-0.39, 0.29) is 16.4 Å². The monoisotopic (exact) mass is 386 g/mol. The third-order valence-corrected chi connectivity index (χ3v) is 3.56. The molecule has 0 aromatic heterocycles. The van der Waals surface area contributed by atoms with Gasteiger partial charge in [0.25, 0.3) is 10.1 Å². The Bertz CT molecular complexity index is 880. The molecule has 0 heterocycles. The van der Waals surface area contributed by atoms with E-state index >= 15 is 0 Å². The average molecular weight is 386 g/mol. The molecule has 11 heteroatoms. The minimum Gasteiger partial charge on any atom is -0.367 e. The number of hydrogen-bond acceptors (Lipinski definition) is 5. The van der Waals surface area contributed by atoms with Crippen LogP contribution in [-0.2, 0) is 10.1 Å². The lowest BCUT2D eigenvalue weighted by molar-refractivity contribution is 0.232. The highest BCUT2D eigenvalue weighted by molar-refractivity contribution is 7.85. The highest BCUT2D eigenvalue weighted by Gasteiger charge is 2.06. The minimum absolute atomic E-state index is 0.0666. The molecule has 0 amide bonds. The number of benzene rings is 2. The Labute approximate surface area is 148 Å². The van der Waals surface area contributed by atoms with Crippen LogP contribution in [0.3, 0.4) is 0 Å². The van der Waals surface area contributed by atoms with E-state index in [1.807, 2.05) is 6.92 Å². The summed E-state index contributed by atoms with van der Waals surface area (Å²) in [5.41, 5.74) is 7.72. The molecule has 2 rings (SSSR count). The molecule has 8 nitrogen and oxygen atoms in total. The van der Waals surface area contributed by atoms with E-state index in [2.05, 4.69) is 10.2 Å². The standard InChI is InChI=1S/C8H8F2N4O.C7H8O3S/c9-6-1-5(2-7(10)3-6)4-12-13-8(11)14-15;1-6-2-4-7(5-3-6)11(8,9)10/h1-4,15H,(H3,11,13,14);2-5H,1H3,(H,8,9,10)/b12-4+;. The molecule has 0 unspecified atom stereocenters. The Balaban J connectivity index is 0.000000273. The van der Waals surface area contributed by atoms with E-state index in [9.17, 15) is 17.2 Å². The van der Waals surface area contributed by atoms with Crippen molar-refractivity contribution in [3.05, 3.63) is 65.2 Å². The van der Waals surface area contributed by atoms with Crippen molar-refractivity contribution in [2.45, 2.75) is 11.8 Å². The molecule has 0 saturated heterocycles. The van der Waals surface area contributed by atoms with Gasteiger partial charge >= 0.3 is 0 Å².